The van der Waals surface area contributed by atoms with Gasteiger partial charge in [-0.05, 0) is 12.1 Å². The first-order valence-corrected chi connectivity index (χ1v) is 9.39. The predicted octanol–water partition coefficient (Wildman–Crippen LogP) is 2.76. The van der Waals surface area contributed by atoms with Gasteiger partial charge in [0.25, 0.3) is 0 Å². The molecule has 0 aromatic heterocycles. The van der Waals surface area contributed by atoms with Crippen molar-refractivity contribution >= 4 is 15.7 Å². The predicted molar refractivity (Wildman–Crippen MR) is 88.4 cm³/mol. The molecule has 0 unspecified atom stereocenters. The molecule has 0 atom stereocenters. The van der Waals surface area contributed by atoms with Crippen LogP contribution in [0, 0.1) is 40.4 Å². The quantitative estimate of drug-likeness (QED) is 0.438. The lowest BCUT2D eigenvalue weighted by molar-refractivity contribution is 0.344. The van der Waals surface area contributed by atoms with Crippen molar-refractivity contribution in [3.05, 3.63) is 58.9 Å². The van der Waals surface area contributed by atoms with Crippen LogP contribution in [0.1, 0.15) is 5.56 Å². The Morgan fingerprint density at radius 1 is 0.821 bits per heavy atom. The van der Waals surface area contributed by atoms with E-state index in [4.69, 9.17) is 5.26 Å². The Bertz CT molecular complexity index is 1050. The van der Waals surface area contributed by atoms with Gasteiger partial charge in [0.15, 0.2) is 28.2 Å². The van der Waals surface area contributed by atoms with Crippen LogP contribution in [0.2, 0.25) is 0 Å². The van der Waals surface area contributed by atoms with Crippen molar-refractivity contribution in [1.29, 1.82) is 5.26 Å². The van der Waals surface area contributed by atoms with E-state index in [0.29, 0.717) is 15.6 Å². The summed E-state index contributed by atoms with van der Waals surface area (Å²) in [7, 11) is -4.96. The molecule has 0 amide bonds. The summed E-state index contributed by atoms with van der Waals surface area (Å²) in [5.74, 6) is -11.9. The van der Waals surface area contributed by atoms with Gasteiger partial charge in [-0.3, -0.25) is 0 Å². The molecule has 1 heterocycles. The van der Waals surface area contributed by atoms with Gasteiger partial charge in [-0.1, -0.05) is 12.1 Å². The van der Waals surface area contributed by atoms with Crippen LogP contribution in [0.5, 0.6) is 0 Å². The van der Waals surface area contributed by atoms with Crippen molar-refractivity contribution in [3.63, 3.8) is 0 Å². The summed E-state index contributed by atoms with van der Waals surface area (Å²) in [4.78, 5) is -0.168. The Morgan fingerprint density at radius 2 is 1.32 bits per heavy atom. The number of nitriles is 1. The van der Waals surface area contributed by atoms with Crippen molar-refractivity contribution < 1.29 is 30.4 Å². The third-order valence-electron chi connectivity index (χ3n) is 4.37. The van der Waals surface area contributed by atoms with Gasteiger partial charge >= 0.3 is 0 Å². The second-order valence-corrected chi connectivity index (χ2v) is 7.79. The van der Waals surface area contributed by atoms with Gasteiger partial charge in [0.2, 0.25) is 15.8 Å². The molecule has 0 N–H and O–H groups in total. The van der Waals surface area contributed by atoms with E-state index in [-0.39, 0.29) is 26.2 Å². The van der Waals surface area contributed by atoms with Crippen molar-refractivity contribution in [2.24, 2.45) is 0 Å². The minimum atomic E-state index is -4.96. The third kappa shape index (κ3) is 3.18. The number of sulfonamides is 1. The summed E-state index contributed by atoms with van der Waals surface area (Å²) in [5, 5.41) is 9.15. The van der Waals surface area contributed by atoms with E-state index in [1.165, 1.54) is 0 Å². The molecule has 0 aliphatic carbocycles. The minimum absolute atomic E-state index is 0.0628. The lowest BCUT2D eigenvalue weighted by Gasteiger charge is -2.35. The number of benzene rings is 2. The van der Waals surface area contributed by atoms with Gasteiger partial charge in [-0.15, -0.1) is 0 Å². The van der Waals surface area contributed by atoms with Gasteiger partial charge in [0, 0.05) is 26.2 Å². The molecule has 5 nitrogen and oxygen atoms in total. The Morgan fingerprint density at radius 3 is 1.86 bits per heavy atom. The van der Waals surface area contributed by atoms with Gasteiger partial charge in [0.1, 0.15) is 6.07 Å². The number of hydrogen-bond donors (Lipinski definition) is 0. The molecule has 28 heavy (non-hydrogen) atoms. The summed E-state index contributed by atoms with van der Waals surface area (Å²) >= 11 is 0. The maximum Gasteiger partial charge on any atom is 0.249 e. The monoisotopic (exact) mass is 417 g/mol. The second kappa shape index (κ2) is 7.37. The fourth-order valence-electron chi connectivity index (χ4n) is 2.95. The fourth-order valence-corrected chi connectivity index (χ4v) is 4.49. The zero-order valence-electron chi connectivity index (χ0n) is 14.1. The van der Waals surface area contributed by atoms with Crippen LogP contribution in [0.15, 0.2) is 29.2 Å². The van der Waals surface area contributed by atoms with Gasteiger partial charge < -0.3 is 4.90 Å². The van der Waals surface area contributed by atoms with Crippen LogP contribution in [-0.2, 0) is 10.0 Å². The van der Waals surface area contributed by atoms with Crippen LogP contribution in [-0.4, -0.2) is 38.9 Å². The lowest BCUT2D eigenvalue weighted by atomic mass is 10.1. The molecule has 1 fully saturated rings. The van der Waals surface area contributed by atoms with Crippen molar-refractivity contribution in [2.75, 3.05) is 31.1 Å². The highest BCUT2D eigenvalue weighted by molar-refractivity contribution is 7.89. The van der Waals surface area contributed by atoms with E-state index >= 15 is 0 Å². The van der Waals surface area contributed by atoms with E-state index in [1.807, 2.05) is 6.07 Å². The maximum atomic E-state index is 13.9. The van der Waals surface area contributed by atoms with E-state index in [0.717, 1.165) is 0 Å². The average molecular weight is 417 g/mol. The number of piperazine rings is 1. The molecule has 1 saturated heterocycles. The first kappa shape index (κ1) is 20.0. The molecule has 148 valence electrons. The smallest absolute Gasteiger partial charge is 0.249 e. The van der Waals surface area contributed by atoms with Crippen LogP contribution in [0.25, 0.3) is 0 Å². The van der Waals surface area contributed by atoms with Gasteiger partial charge in [-0.2, -0.15) is 9.57 Å². The Labute approximate surface area is 157 Å². The van der Waals surface area contributed by atoms with E-state index in [9.17, 15) is 30.4 Å². The number of rotatable bonds is 3. The minimum Gasteiger partial charge on any atom is -0.368 e. The van der Waals surface area contributed by atoms with Crippen LogP contribution in [0.3, 0.4) is 0 Å². The highest BCUT2D eigenvalue weighted by atomic mass is 32.2. The SMILES string of the molecule is N#Cc1ccccc1N1CCN(S(=O)(=O)c2c(F)c(F)c(F)c(F)c2F)CC1. The fraction of sp³-hybridized carbons (Fsp3) is 0.235. The number of halogens is 5. The number of nitrogens with zero attached hydrogens (tertiary/aromatic N) is 3. The topological polar surface area (TPSA) is 64.4 Å². The summed E-state index contributed by atoms with van der Waals surface area (Å²) in [6, 6.07) is 8.58. The molecule has 0 radical (unpaired) electrons. The van der Waals surface area contributed by atoms with Gasteiger partial charge in [-0.25, -0.2) is 30.4 Å². The molecule has 1 aliphatic rings. The second-order valence-electron chi connectivity index (χ2n) is 5.92. The Hall–Kier alpha value is -2.71. The highest BCUT2D eigenvalue weighted by Gasteiger charge is 2.38. The Kier molecular flexibility index (Phi) is 5.27. The first-order valence-electron chi connectivity index (χ1n) is 7.95. The molecule has 1 aliphatic heterocycles. The largest absolute Gasteiger partial charge is 0.368 e. The molecule has 3 rings (SSSR count). The van der Waals surface area contributed by atoms with E-state index in [2.05, 4.69) is 0 Å². The summed E-state index contributed by atoms with van der Waals surface area (Å²) in [5.41, 5.74) is 0.914. The first-order chi connectivity index (χ1) is 13.2. The normalized spacial score (nSPS) is 15.5. The molecular weight excluding hydrogens is 405 g/mol. The number of anilines is 1. The average Bonchev–Trinajstić information content (AvgIpc) is 2.70. The van der Waals surface area contributed by atoms with Crippen LogP contribution >= 0.6 is 0 Å². The maximum absolute atomic E-state index is 13.9. The van der Waals surface area contributed by atoms with Crippen LogP contribution < -0.4 is 4.90 Å². The molecule has 2 aromatic rings. The van der Waals surface area contributed by atoms with Gasteiger partial charge in [0.05, 0.1) is 11.3 Å². The standard InChI is InChI=1S/C17H12F5N3O2S/c18-12-13(19)15(21)17(16(22)14(12)20)28(26,27)25-7-5-24(6-8-25)11-4-2-1-3-10(11)9-23/h1-4H,5-8H2. The molecule has 0 spiro atoms. The summed E-state index contributed by atoms with van der Waals surface area (Å²) in [6.45, 7) is -0.399. The molecule has 2 aromatic carbocycles. The molecule has 0 saturated carbocycles. The molecule has 0 bridgehead atoms. The zero-order valence-corrected chi connectivity index (χ0v) is 14.9. The van der Waals surface area contributed by atoms with E-state index < -0.39 is 44.0 Å². The summed E-state index contributed by atoms with van der Waals surface area (Å²) < 4.78 is 93.5. The van der Waals surface area contributed by atoms with Crippen molar-refractivity contribution in [3.8, 4) is 6.07 Å². The molecule has 11 heteroatoms. The summed E-state index contributed by atoms with van der Waals surface area (Å²) in [6.07, 6.45) is 0. The van der Waals surface area contributed by atoms with E-state index in [1.54, 1.807) is 29.2 Å². The number of hydrogen-bond acceptors (Lipinski definition) is 4. The van der Waals surface area contributed by atoms with Crippen LogP contribution in [0.4, 0.5) is 27.6 Å². The number of para-hydroxylation sites is 1. The third-order valence-corrected chi connectivity index (χ3v) is 6.29. The highest BCUT2D eigenvalue weighted by Crippen LogP contribution is 2.30. The molecular formula is C17H12F5N3O2S. The Balaban J connectivity index is 1.90. The zero-order chi connectivity index (χ0) is 20.6. The lowest BCUT2D eigenvalue weighted by Crippen LogP contribution is -2.49. The van der Waals surface area contributed by atoms with Crippen molar-refractivity contribution in [2.45, 2.75) is 4.90 Å². The van der Waals surface area contributed by atoms with Crippen molar-refractivity contribution in [1.82, 2.24) is 4.31 Å².